The summed E-state index contributed by atoms with van der Waals surface area (Å²) >= 11 is 3.92. The van der Waals surface area contributed by atoms with E-state index in [0.29, 0.717) is 11.3 Å². The van der Waals surface area contributed by atoms with Gasteiger partial charge >= 0.3 is 39.0 Å². The van der Waals surface area contributed by atoms with Crippen molar-refractivity contribution in [3.05, 3.63) is 113 Å². The Labute approximate surface area is 209 Å². The summed E-state index contributed by atoms with van der Waals surface area (Å²) in [6.45, 7) is 1.91. The molecule has 0 saturated carbocycles. The first-order valence-corrected chi connectivity index (χ1v) is 13.3. The molecule has 0 spiro atoms. The van der Waals surface area contributed by atoms with Crippen molar-refractivity contribution in [2.24, 2.45) is 0 Å². The van der Waals surface area contributed by atoms with Gasteiger partial charge in [0.2, 0.25) is 0 Å². The van der Waals surface area contributed by atoms with E-state index in [1.807, 2.05) is 49.4 Å². The zero-order chi connectivity index (χ0) is 26.6. The number of carbonyl (C=O) groups excluding carboxylic acids is 1. The monoisotopic (exact) mass is 544 g/mol. The summed E-state index contributed by atoms with van der Waals surface area (Å²) < 4.78 is 64.7. The SMILES string of the molecule is Cc1ccccc1C(=O)Oc1ccc(CC([SH2+])c2cccc3ccccc23)cc1.F[P-](F)(F)(F)(F)F. The molecule has 0 radical (unpaired) electrons. The van der Waals surface area contributed by atoms with Gasteiger partial charge in [-0.25, -0.2) is 4.79 Å². The van der Waals surface area contributed by atoms with E-state index < -0.39 is 7.81 Å². The van der Waals surface area contributed by atoms with E-state index in [2.05, 4.69) is 55.1 Å². The van der Waals surface area contributed by atoms with Gasteiger partial charge in [-0.1, -0.05) is 72.8 Å². The van der Waals surface area contributed by atoms with Crippen LogP contribution in [0.25, 0.3) is 10.8 Å². The first-order chi connectivity index (χ1) is 16.6. The average Bonchev–Trinajstić information content (AvgIpc) is 2.78. The quantitative estimate of drug-likeness (QED) is 0.0824. The summed E-state index contributed by atoms with van der Waals surface area (Å²) in [5.74, 6) is 0.224. The Balaban J connectivity index is 0.000000454. The van der Waals surface area contributed by atoms with Crippen LogP contribution in [0.4, 0.5) is 25.2 Å². The molecule has 192 valence electrons. The molecule has 1 unspecified atom stereocenters. The number of carbonyl (C=O) groups is 1. The standard InChI is InChI=1S/C26H22O2S.F6P/c1-18-7-2-4-10-22(18)26(27)28-21-15-13-19(14-16-21)17-25(29)24-12-6-9-20-8-3-5-11-23(20)24;1-7(2,3,4,5)6/h2-16,25,29H,17H2,1H3;/q;-1/p+1. The Morgan fingerprint density at radius 3 is 2.00 bits per heavy atom. The van der Waals surface area contributed by atoms with E-state index >= 15 is 0 Å². The maximum absolute atomic E-state index is 12.4. The first kappa shape index (κ1) is 27.6. The van der Waals surface area contributed by atoms with Crippen LogP contribution in [0.2, 0.25) is 0 Å². The van der Waals surface area contributed by atoms with E-state index in [1.165, 1.54) is 21.9 Å². The van der Waals surface area contributed by atoms with Crippen molar-refractivity contribution in [1.29, 1.82) is 0 Å². The number of halogens is 6. The molecule has 0 aliphatic heterocycles. The molecule has 2 nitrogen and oxygen atoms in total. The average molecular weight is 544 g/mol. The molecule has 0 bridgehead atoms. The van der Waals surface area contributed by atoms with Crippen molar-refractivity contribution in [1.82, 2.24) is 0 Å². The van der Waals surface area contributed by atoms with Crippen molar-refractivity contribution in [2.75, 3.05) is 0 Å². The Hall–Kier alpha value is -3.03. The van der Waals surface area contributed by atoms with Crippen LogP contribution in [0.3, 0.4) is 0 Å². The van der Waals surface area contributed by atoms with Gasteiger partial charge in [-0.3, -0.25) is 0 Å². The molecule has 0 amide bonds. The van der Waals surface area contributed by atoms with Crippen LogP contribution in [0, 0.1) is 6.92 Å². The number of fused-ring (bicyclic) bond motifs is 1. The van der Waals surface area contributed by atoms with Gasteiger partial charge in [-0.15, -0.1) is 0 Å². The molecule has 0 aliphatic rings. The minimum absolute atomic E-state index is 0.196. The number of benzene rings is 4. The third kappa shape index (κ3) is 9.21. The summed E-state index contributed by atoms with van der Waals surface area (Å²) in [6, 6.07) is 30.0. The van der Waals surface area contributed by atoms with Crippen LogP contribution in [0.1, 0.15) is 32.3 Å². The molecule has 0 heterocycles. The van der Waals surface area contributed by atoms with E-state index in [0.717, 1.165) is 12.0 Å². The van der Waals surface area contributed by atoms with Crippen molar-refractivity contribution < 1.29 is 34.7 Å². The topological polar surface area (TPSA) is 26.3 Å². The minimum atomic E-state index is -10.7. The number of rotatable bonds is 5. The zero-order valence-electron chi connectivity index (χ0n) is 19.0. The second-order valence-electron chi connectivity index (χ2n) is 8.13. The van der Waals surface area contributed by atoms with E-state index in [1.54, 1.807) is 6.07 Å². The molecule has 0 aromatic heterocycles. The van der Waals surface area contributed by atoms with E-state index in [4.69, 9.17) is 4.74 Å². The van der Waals surface area contributed by atoms with Crippen molar-refractivity contribution >= 4 is 37.2 Å². The van der Waals surface area contributed by atoms with Gasteiger partial charge in [0.15, 0.2) is 0 Å². The van der Waals surface area contributed by atoms with Crippen LogP contribution in [0.5, 0.6) is 5.75 Å². The van der Waals surface area contributed by atoms with Gasteiger partial charge in [0.05, 0.1) is 5.56 Å². The second-order valence-corrected chi connectivity index (χ2v) is 10.7. The third-order valence-electron chi connectivity index (χ3n) is 5.14. The molecule has 0 N–H and O–H groups in total. The first-order valence-electron chi connectivity index (χ1n) is 10.7. The van der Waals surface area contributed by atoms with Crippen LogP contribution < -0.4 is 4.74 Å². The van der Waals surface area contributed by atoms with Crippen molar-refractivity contribution in [3.8, 4) is 5.75 Å². The fourth-order valence-electron chi connectivity index (χ4n) is 3.56. The second kappa shape index (κ2) is 9.79. The Morgan fingerprint density at radius 1 is 0.806 bits per heavy atom. The third-order valence-corrected chi connectivity index (χ3v) is 5.65. The molecule has 4 aromatic carbocycles. The predicted octanol–water partition coefficient (Wildman–Crippen LogP) is 9.05. The zero-order valence-corrected chi connectivity index (χ0v) is 20.9. The molecular weight excluding hydrogens is 521 g/mol. The van der Waals surface area contributed by atoms with Crippen LogP contribution in [0.15, 0.2) is 91.0 Å². The van der Waals surface area contributed by atoms with E-state index in [-0.39, 0.29) is 11.2 Å². The predicted molar refractivity (Wildman–Crippen MR) is 137 cm³/mol. The van der Waals surface area contributed by atoms with Gasteiger partial charge in [0, 0.05) is 12.0 Å². The number of hydrogen-bond donors (Lipinski definition) is 0. The number of hydrogen-bond acceptors (Lipinski definition) is 2. The van der Waals surface area contributed by atoms with Crippen molar-refractivity contribution in [2.45, 2.75) is 18.6 Å². The van der Waals surface area contributed by atoms with Gasteiger partial charge in [0.25, 0.3) is 0 Å². The number of ether oxygens (including phenoxy) is 1. The number of aryl methyl sites for hydroxylation is 1. The molecule has 1 atom stereocenters. The summed E-state index contributed by atoms with van der Waals surface area (Å²) in [7, 11) is -10.7. The summed E-state index contributed by atoms with van der Waals surface area (Å²) in [6.07, 6.45) is 0.844. The van der Waals surface area contributed by atoms with Crippen LogP contribution in [-0.4, -0.2) is 5.97 Å². The number of esters is 1. The van der Waals surface area contributed by atoms with Gasteiger partial charge in [-0.2, -0.15) is 0 Å². The molecule has 0 saturated heterocycles. The van der Waals surface area contributed by atoms with Crippen molar-refractivity contribution in [3.63, 3.8) is 0 Å². The Morgan fingerprint density at radius 2 is 1.36 bits per heavy atom. The van der Waals surface area contributed by atoms with Gasteiger partial charge in [-0.05, 0) is 59.7 Å². The Bertz CT molecular complexity index is 1360. The molecule has 4 aromatic rings. The molecular formula is C26H23F6O2PS. The molecule has 0 fully saturated rings. The van der Waals surface area contributed by atoms with Crippen LogP contribution >= 0.6 is 7.81 Å². The normalized spacial score (nSPS) is 14.1. The molecule has 0 aliphatic carbocycles. The van der Waals surface area contributed by atoms with Crippen LogP contribution in [-0.2, 0) is 19.0 Å². The maximum atomic E-state index is 12.4. The van der Waals surface area contributed by atoms with Gasteiger partial charge < -0.3 is 4.74 Å². The van der Waals surface area contributed by atoms with Gasteiger partial charge in [0.1, 0.15) is 11.0 Å². The molecule has 4 rings (SSSR count). The molecule has 10 heteroatoms. The fraction of sp³-hybridized carbons (Fsp3) is 0.115. The summed E-state index contributed by atoms with van der Waals surface area (Å²) in [5, 5.41) is 2.70. The molecule has 36 heavy (non-hydrogen) atoms. The van der Waals surface area contributed by atoms with E-state index in [9.17, 15) is 30.0 Å². The summed E-state index contributed by atoms with van der Waals surface area (Å²) in [4.78, 5) is 12.4. The fourth-order valence-corrected chi connectivity index (χ4v) is 4.04. The summed E-state index contributed by atoms with van der Waals surface area (Å²) in [5.41, 5.74) is 3.95. The Kier molecular flexibility index (Phi) is 7.49.